The van der Waals surface area contributed by atoms with Gasteiger partial charge in [0.1, 0.15) is 11.4 Å². The number of hydrogen-bond donors (Lipinski definition) is 2. The molecule has 0 atom stereocenters. The van der Waals surface area contributed by atoms with Crippen LogP contribution in [0.15, 0.2) is 71.8 Å². The van der Waals surface area contributed by atoms with Crippen molar-refractivity contribution in [3.8, 4) is 0 Å². The van der Waals surface area contributed by atoms with Gasteiger partial charge in [-0.2, -0.15) is 0 Å². The van der Waals surface area contributed by atoms with E-state index < -0.39 is 16.0 Å². The highest BCUT2D eigenvalue weighted by molar-refractivity contribution is 7.92. The van der Waals surface area contributed by atoms with Crippen molar-refractivity contribution in [1.82, 2.24) is 4.98 Å². The number of aromatic carboxylic acids is 1. The molecule has 0 aliphatic heterocycles. The van der Waals surface area contributed by atoms with Gasteiger partial charge in [-0.25, -0.2) is 18.2 Å². The maximum absolute atomic E-state index is 12.8. The molecular weight excluding hydrogens is 438 g/mol. The zero-order valence-corrected chi connectivity index (χ0v) is 19.7. The number of nitrogens with one attached hydrogen (secondary N) is 1. The van der Waals surface area contributed by atoms with E-state index in [1.54, 1.807) is 12.1 Å². The third kappa shape index (κ3) is 6.32. The fourth-order valence-electron chi connectivity index (χ4n) is 3.45. The molecule has 1 aromatic heterocycles. The van der Waals surface area contributed by atoms with Gasteiger partial charge in [-0.05, 0) is 42.2 Å². The number of nitrogens with zero attached hydrogens (tertiary/aromatic N) is 2. The van der Waals surface area contributed by atoms with E-state index in [0.717, 1.165) is 30.4 Å². The third-order valence-corrected chi connectivity index (χ3v) is 6.69. The molecule has 0 saturated heterocycles. The van der Waals surface area contributed by atoms with Gasteiger partial charge in [-0.1, -0.05) is 62.7 Å². The van der Waals surface area contributed by atoms with Crippen molar-refractivity contribution in [3.05, 3.63) is 83.6 Å². The summed E-state index contributed by atoms with van der Waals surface area (Å²) in [7, 11) is -3.87. The summed E-state index contributed by atoms with van der Waals surface area (Å²) in [5.74, 6) is -0.851. The predicted octanol–water partition coefficient (Wildman–Crippen LogP) is 4.95. The van der Waals surface area contributed by atoms with E-state index >= 15 is 0 Å². The lowest BCUT2D eigenvalue weighted by Crippen LogP contribution is -2.27. The van der Waals surface area contributed by atoms with Crippen LogP contribution in [0, 0.1) is 0 Å². The summed E-state index contributed by atoms with van der Waals surface area (Å²) >= 11 is 0. The van der Waals surface area contributed by atoms with Gasteiger partial charge in [0, 0.05) is 13.1 Å². The molecular formula is C25H29N3O4S. The molecule has 3 aromatic rings. The number of aromatic nitrogens is 1. The molecule has 0 saturated carbocycles. The number of rotatable bonds is 11. The normalized spacial score (nSPS) is 11.2. The second-order valence-electron chi connectivity index (χ2n) is 7.76. The summed E-state index contributed by atoms with van der Waals surface area (Å²) in [5, 5.41) is 9.86. The number of carbonyl (C=O) groups is 1. The van der Waals surface area contributed by atoms with Crippen LogP contribution in [-0.2, 0) is 23.0 Å². The number of aryl methyl sites for hydroxylation is 1. The Morgan fingerprint density at radius 3 is 2.33 bits per heavy atom. The largest absolute Gasteiger partial charge is 0.478 e. The maximum Gasteiger partial charge on any atom is 0.339 e. The summed E-state index contributed by atoms with van der Waals surface area (Å²) in [6.07, 6.45) is 3.99. The van der Waals surface area contributed by atoms with Crippen LogP contribution < -0.4 is 9.62 Å². The van der Waals surface area contributed by atoms with Crippen molar-refractivity contribution >= 4 is 27.5 Å². The molecule has 0 unspecified atom stereocenters. The molecule has 2 aromatic carbocycles. The molecule has 0 fully saturated rings. The highest BCUT2D eigenvalue weighted by Gasteiger charge is 2.21. The maximum atomic E-state index is 12.8. The number of anilines is 2. The van der Waals surface area contributed by atoms with Crippen LogP contribution >= 0.6 is 0 Å². The Bertz CT molecular complexity index is 1180. The lowest BCUT2D eigenvalue weighted by atomic mass is 10.1. The molecule has 0 bridgehead atoms. The molecule has 3 rings (SSSR count). The molecule has 0 aliphatic rings. The first-order valence-electron chi connectivity index (χ1n) is 11.0. The Balaban J connectivity index is 1.91. The van der Waals surface area contributed by atoms with Crippen LogP contribution in [0.3, 0.4) is 0 Å². The Labute approximate surface area is 195 Å². The number of sulfonamides is 1. The standard InChI is InChI=1S/C25H29N3O4S/c1-3-5-15-28(18-20-9-7-6-8-10-20)24-23(25(29)30)16-21(17-26-24)27-33(31,32)22-13-11-19(4-2)12-14-22/h6-14,16-17,27H,3-5,15,18H2,1-2H3,(H,29,30). The summed E-state index contributed by atoms with van der Waals surface area (Å²) in [6, 6.07) is 17.7. The predicted molar refractivity (Wildman–Crippen MR) is 130 cm³/mol. The number of pyridine rings is 1. The van der Waals surface area contributed by atoms with E-state index in [2.05, 4.69) is 16.6 Å². The lowest BCUT2D eigenvalue weighted by molar-refractivity contribution is 0.0697. The zero-order chi connectivity index (χ0) is 23.8. The number of hydrogen-bond acceptors (Lipinski definition) is 5. The van der Waals surface area contributed by atoms with Crippen molar-refractivity contribution < 1.29 is 18.3 Å². The quantitative estimate of drug-likeness (QED) is 0.414. The molecule has 0 radical (unpaired) electrons. The number of carboxylic acids is 1. The monoisotopic (exact) mass is 467 g/mol. The second-order valence-corrected chi connectivity index (χ2v) is 9.45. The van der Waals surface area contributed by atoms with E-state index in [0.29, 0.717) is 18.9 Å². The zero-order valence-electron chi connectivity index (χ0n) is 18.9. The van der Waals surface area contributed by atoms with E-state index in [-0.39, 0.29) is 16.1 Å². The Morgan fingerprint density at radius 1 is 1.03 bits per heavy atom. The van der Waals surface area contributed by atoms with Crippen LogP contribution in [-0.4, -0.2) is 31.0 Å². The van der Waals surface area contributed by atoms with Crippen molar-refractivity contribution in [2.45, 2.75) is 44.6 Å². The summed E-state index contributed by atoms with van der Waals surface area (Å²) < 4.78 is 28.0. The van der Waals surface area contributed by atoms with Gasteiger partial charge in [-0.3, -0.25) is 4.72 Å². The highest BCUT2D eigenvalue weighted by Crippen LogP contribution is 2.25. The first-order valence-corrected chi connectivity index (χ1v) is 12.5. The topological polar surface area (TPSA) is 99.6 Å². The smallest absolute Gasteiger partial charge is 0.339 e. The van der Waals surface area contributed by atoms with Crippen molar-refractivity contribution in [3.63, 3.8) is 0 Å². The van der Waals surface area contributed by atoms with Crippen LogP contribution in [0.4, 0.5) is 11.5 Å². The minimum absolute atomic E-state index is 0.0523. The van der Waals surface area contributed by atoms with Crippen molar-refractivity contribution in [2.24, 2.45) is 0 Å². The summed E-state index contributed by atoms with van der Waals surface area (Å²) in [4.78, 5) is 18.5. The van der Waals surface area contributed by atoms with E-state index in [1.165, 1.54) is 24.4 Å². The average Bonchev–Trinajstić information content (AvgIpc) is 2.82. The Hall–Kier alpha value is -3.39. The first-order chi connectivity index (χ1) is 15.8. The second kappa shape index (κ2) is 11.0. The highest BCUT2D eigenvalue weighted by atomic mass is 32.2. The molecule has 174 valence electrons. The molecule has 0 spiro atoms. The van der Waals surface area contributed by atoms with Gasteiger partial charge in [0.05, 0.1) is 16.8 Å². The molecule has 0 aliphatic carbocycles. The minimum atomic E-state index is -3.87. The molecule has 2 N–H and O–H groups in total. The van der Waals surface area contributed by atoms with E-state index in [1.807, 2.05) is 42.2 Å². The Kier molecular flexibility index (Phi) is 8.06. The van der Waals surface area contributed by atoms with Crippen LogP contribution in [0.2, 0.25) is 0 Å². The van der Waals surface area contributed by atoms with E-state index in [4.69, 9.17) is 0 Å². The van der Waals surface area contributed by atoms with Crippen molar-refractivity contribution in [1.29, 1.82) is 0 Å². The van der Waals surface area contributed by atoms with Gasteiger partial charge in [0.15, 0.2) is 0 Å². The number of carboxylic acid groups (broad SMARTS) is 1. The van der Waals surface area contributed by atoms with Gasteiger partial charge >= 0.3 is 5.97 Å². The van der Waals surface area contributed by atoms with Gasteiger partial charge in [0.2, 0.25) is 0 Å². The molecule has 1 heterocycles. The fourth-order valence-corrected chi connectivity index (χ4v) is 4.49. The van der Waals surface area contributed by atoms with Crippen LogP contribution in [0.1, 0.15) is 48.2 Å². The number of unbranched alkanes of at least 4 members (excludes halogenated alkanes) is 1. The molecule has 8 heteroatoms. The molecule has 33 heavy (non-hydrogen) atoms. The minimum Gasteiger partial charge on any atom is -0.478 e. The van der Waals surface area contributed by atoms with Crippen LogP contribution in [0.25, 0.3) is 0 Å². The summed E-state index contributed by atoms with van der Waals surface area (Å²) in [5.41, 5.74) is 2.11. The van der Waals surface area contributed by atoms with Crippen molar-refractivity contribution in [2.75, 3.05) is 16.2 Å². The SMILES string of the molecule is CCCCN(Cc1ccccc1)c1ncc(NS(=O)(=O)c2ccc(CC)cc2)cc1C(=O)O. The third-order valence-electron chi connectivity index (χ3n) is 5.29. The fraction of sp³-hybridized carbons (Fsp3) is 0.280. The molecule has 0 amide bonds. The van der Waals surface area contributed by atoms with Gasteiger partial charge in [0.25, 0.3) is 10.0 Å². The number of benzene rings is 2. The Morgan fingerprint density at radius 2 is 1.73 bits per heavy atom. The average molecular weight is 468 g/mol. The van der Waals surface area contributed by atoms with Crippen LogP contribution in [0.5, 0.6) is 0 Å². The van der Waals surface area contributed by atoms with Gasteiger partial charge < -0.3 is 10.0 Å². The lowest BCUT2D eigenvalue weighted by Gasteiger charge is -2.25. The summed E-state index contributed by atoms with van der Waals surface area (Å²) in [6.45, 7) is 5.19. The first kappa shape index (κ1) is 24.3. The van der Waals surface area contributed by atoms with E-state index in [9.17, 15) is 18.3 Å². The molecule has 7 nitrogen and oxygen atoms in total. The van der Waals surface area contributed by atoms with Gasteiger partial charge in [-0.15, -0.1) is 0 Å².